The molecule has 170 valence electrons. The van der Waals surface area contributed by atoms with Crippen molar-refractivity contribution in [1.29, 1.82) is 0 Å². The molecule has 5 heterocycles. The van der Waals surface area contributed by atoms with Gasteiger partial charge < -0.3 is 14.3 Å². The van der Waals surface area contributed by atoms with Gasteiger partial charge in [0, 0.05) is 0 Å². The Hall–Kier alpha value is -1.79. The number of imide groups is 1. The third-order valence-corrected chi connectivity index (χ3v) is 14.7. The number of carbonyl (C=O) groups excluding carboxylic acids is 2. The summed E-state index contributed by atoms with van der Waals surface area (Å²) in [7, 11) is -1.77. The predicted octanol–water partition coefficient (Wildman–Crippen LogP) is 4.60. The van der Waals surface area contributed by atoms with E-state index in [0.29, 0.717) is 5.69 Å². The van der Waals surface area contributed by atoms with E-state index in [1.54, 1.807) is 0 Å². The summed E-state index contributed by atoms with van der Waals surface area (Å²) in [4.78, 5) is 35.7. The molecule has 2 amide bonds. The molecule has 0 saturated carbocycles. The van der Waals surface area contributed by atoms with E-state index in [2.05, 4.69) is 43.7 Å². The maximum absolute atomic E-state index is 13.7. The predicted molar refractivity (Wildman–Crippen MR) is 122 cm³/mol. The van der Waals surface area contributed by atoms with Crippen molar-refractivity contribution in [3.05, 3.63) is 28.7 Å². The SMILES string of the molecule is [C-]#[N+]c1ncc(N2C(=O)[C@@H]3[C@H](C2=O)C2(C)OC3(C)[C@@]3(C[Si](C)(C)C(C)(C)C)O[C@@H]23)cc1Cl. The highest BCUT2D eigenvalue weighted by atomic mass is 35.5. The van der Waals surface area contributed by atoms with Crippen LogP contribution in [0.3, 0.4) is 0 Å². The van der Waals surface area contributed by atoms with Gasteiger partial charge in [-0.1, -0.05) is 52.0 Å². The molecule has 2 bridgehead atoms. The molecule has 5 rings (SSSR count). The zero-order valence-corrected chi connectivity index (χ0v) is 21.2. The summed E-state index contributed by atoms with van der Waals surface area (Å²) in [5, 5.41) is 0.276. The van der Waals surface area contributed by atoms with E-state index in [4.69, 9.17) is 27.6 Å². The lowest BCUT2D eigenvalue weighted by molar-refractivity contribution is -0.146. The Morgan fingerprint density at radius 1 is 1.25 bits per heavy atom. The number of carbonyl (C=O) groups is 2. The van der Waals surface area contributed by atoms with Crippen molar-refractivity contribution in [3.63, 3.8) is 0 Å². The summed E-state index contributed by atoms with van der Waals surface area (Å²) in [5.41, 5.74) is -1.97. The van der Waals surface area contributed by atoms with Gasteiger partial charge in [0.15, 0.2) is 0 Å². The maximum Gasteiger partial charge on any atom is 0.288 e. The summed E-state index contributed by atoms with van der Waals surface area (Å²) in [5.74, 6) is -1.80. The number of halogens is 1. The molecule has 6 atom stereocenters. The van der Waals surface area contributed by atoms with E-state index in [0.717, 1.165) is 6.04 Å². The molecular formula is C23H28ClN3O4Si. The number of epoxide rings is 1. The quantitative estimate of drug-likeness (QED) is 0.277. The van der Waals surface area contributed by atoms with Crippen LogP contribution < -0.4 is 4.90 Å². The minimum atomic E-state index is -1.77. The highest BCUT2D eigenvalue weighted by Crippen LogP contribution is 2.75. The molecule has 4 fully saturated rings. The van der Waals surface area contributed by atoms with Gasteiger partial charge in [-0.3, -0.25) is 9.59 Å². The smallest absolute Gasteiger partial charge is 0.288 e. The third-order valence-electron chi connectivity index (χ3n) is 8.91. The number of nitrogens with zero attached hydrogens (tertiary/aromatic N) is 3. The molecule has 32 heavy (non-hydrogen) atoms. The van der Waals surface area contributed by atoms with E-state index in [9.17, 15) is 9.59 Å². The molecule has 1 aromatic rings. The Morgan fingerprint density at radius 3 is 2.44 bits per heavy atom. The first kappa shape index (κ1) is 22.0. The fraction of sp³-hybridized carbons (Fsp3) is 0.652. The van der Waals surface area contributed by atoms with Gasteiger partial charge in [-0.05, 0) is 31.0 Å². The fourth-order valence-electron chi connectivity index (χ4n) is 6.20. The molecule has 4 aliphatic heterocycles. The molecule has 0 N–H and O–H groups in total. The van der Waals surface area contributed by atoms with Crippen LogP contribution in [0.4, 0.5) is 11.5 Å². The van der Waals surface area contributed by atoms with Gasteiger partial charge >= 0.3 is 0 Å². The van der Waals surface area contributed by atoms with Crippen molar-refractivity contribution < 1.29 is 19.1 Å². The Kier molecular flexibility index (Phi) is 4.13. The van der Waals surface area contributed by atoms with Crippen LogP contribution in [0, 0.1) is 18.4 Å². The van der Waals surface area contributed by atoms with Crippen LogP contribution in [-0.2, 0) is 19.1 Å². The molecule has 9 heteroatoms. The minimum Gasteiger partial charge on any atom is -0.361 e. The van der Waals surface area contributed by atoms with E-state index in [1.807, 2.05) is 13.8 Å². The number of amides is 2. The van der Waals surface area contributed by atoms with Crippen LogP contribution in [0.2, 0.25) is 29.2 Å². The Bertz CT molecular complexity index is 1130. The van der Waals surface area contributed by atoms with Crippen LogP contribution >= 0.6 is 11.6 Å². The second-order valence-corrected chi connectivity index (χ2v) is 17.7. The lowest BCUT2D eigenvalue weighted by Crippen LogP contribution is -2.56. The number of pyridine rings is 1. The van der Waals surface area contributed by atoms with Crippen molar-refractivity contribution in [2.75, 3.05) is 4.90 Å². The van der Waals surface area contributed by atoms with Crippen molar-refractivity contribution >= 4 is 43.0 Å². The highest BCUT2D eigenvalue weighted by Gasteiger charge is 2.92. The van der Waals surface area contributed by atoms with Gasteiger partial charge in [0.05, 0.1) is 30.6 Å². The number of hydrogen-bond acceptors (Lipinski definition) is 5. The van der Waals surface area contributed by atoms with Crippen molar-refractivity contribution in [3.8, 4) is 0 Å². The minimum absolute atomic E-state index is 0.0417. The monoisotopic (exact) mass is 473 g/mol. The highest BCUT2D eigenvalue weighted by molar-refractivity contribution is 6.80. The topological polar surface area (TPSA) is 76.4 Å². The van der Waals surface area contributed by atoms with Gasteiger partial charge in [0.2, 0.25) is 11.8 Å². The third kappa shape index (κ3) is 2.35. The first-order valence-corrected chi connectivity index (χ1v) is 14.5. The summed E-state index contributed by atoms with van der Waals surface area (Å²) < 4.78 is 13.0. The Labute approximate surface area is 194 Å². The number of ether oxygens (including phenoxy) is 2. The largest absolute Gasteiger partial charge is 0.361 e. The summed E-state index contributed by atoms with van der Waals surface area (Å²) in [6.45, 7) is 22.5. The molecule has 2 unspecified atom stereocenters. The van der Waals surface area contributed by atoms with Gasteiger partial charge in [-0.2, -0.15) is 0 Å². The average Bonchev–Trinajstić information content (AvgIpc) is 3.21. The standard InChI is InChI=1S/C23H28ClN3O4Si/c1-20(2,3)32(7,8)11-23-19(30-23)21(4)14-15(22(23,5)31-21)18(29)27(17(14)28)12-9-13(24)16(25-6)26-10-12/h9-10,14-15,19H,11H2,1-5,7-8H3/t14-,15+,19+,21?,22?,23+/m1/s1. The van der Waals surface area contributed by atoms with Crippen LogP contribution in [0.15, 0.2) is 12.3 Å². The number of aromatic nitrogens is 1. The number of rotatable bonds is 3. The molecule has 0 spiro atoms. The van der Waals surface area contributed by atoms with Crippen LogP contribution in [0.5, 0.6) is 0 Å². The van der Waals surface area contributed by atoms with Gasteiger partial charge in [0.1, 0.15) is 29.1 Å². The van der Waals surface area contributed by atoms with E-state index < -0.39 is 36.7 Å². The molecule has 7 nitrogen and oxygen atoms in total. The van der Waals surface area contributed by atoms with E-state index in [1.165, 1.54) is 17.2 Å². The zero-order valence-electron chi connectivity index (χ0n) is 19.4. The summed E-state index contributed by atoms with van der Waals surface area (Å²) in [6.07, 6.45) is 1.17. The van der Waals surface area contributed by atoms with Crippen LogP contribution in [0.1, 0.15) is 34.6 Å². The first-order valence-electron chi connectivity index (χ1n) is 10.9. The fourth-order valence-corrected chi connectivity index (χ4v) is 8.86. The van der Waals surface area contributed by atoms with Gasteiger partial charge in [0.25, 0.3) is 5.82 Å². The van der Waals surface area contributed by atoms with Gasteiger partial charge in [-0.15, -0.1) is 4.98 Å². The maximum atomic E-state index is 13.7. The van der Waals surface area contributed by atoms with Crippen molar-refractivity contribution in [2.24, 2.45) is 11.8 Å². The molecule has 0 aliphatic carbocycles. The second kappa shape index (κ2) is 6.01. The zero-order chi connectivity index (χ0) is 23.6. The molecule has 0 radical (unpaired) electrons. The van der Waals surface area contributed by atoms with Crippen LogP contribution in [0.25, 0.3) is 4.85 Å². The lowest BCUT2D eigenvalue weighted by Gasteiger charge is -2.43. The normalized spacial score (nSPS) is 39.8. The number of fused-ring (bicyclic) bond motifs is 8. The first-order chi connectivity index (χ1) is 14.6. The van der Waals surface area contributed by atoms with Crippen molar-refractivity contribution in [1.82, 2.24) is 4.98 Å². The number of anilines is 1. The van der Waals surface area contributed by atoms with Crippen LogP contribution in [-0.4, -0.2) is 47.8 Å². The number of hydrogen-bond donors (Lipinski definition) is 0. The molecule has 4 aliphatic rings. The Balaban J connectivity index is 1.55. The second-order valence-electron chi connectivity index (χ2n) is 11.7. The van der Waals surface area contributed by atoms with Crippen molar-refractivity contribution in [2.45, 2.75) is 81.7 Å². The molecule has 1 aromatic heterocycles. The molecule has 4 saturated heterocycles. The Morgan fingerprint density at radius 2 is 1.88 bits per heavy atom. The summed E-state index contributed by atoms with van der Waals surface area (Å²) >= 11 is 6.15. The molecule has 0 aromatic carbocycles. The molecular weight excluding hydrogens is 446 g/mol. The van der Waals surface area contributed by atoms with Gasteiger partial charge in [-0.25, -0.2) is 4.90 Å². The van der Waals surface area contributed by atoms with E-state index in [-0.39, 0.29) is 33.8 Å². The van der Waals surface area contributed by atoms with E-state index >= 15 is 0 Å². The summed E-state index contributed by atoms with van der Waals surface area (Å²) in [6, 6.07) is 2.34. The average molecular weight is 474 g/mol. The lowest BCUT2D eigenvalue weighted by atomic mass is 9.64.